The number of ether oxygens (including phenoxy) is 1. The summed E-state index contributed by atoms with van der Waals surface area (Å²) in [5, 5.41) is 10.9. The number of nitrogens with zero attached hydrogens (tertiary/aromatic N) is 3. The summed E-state index contributed by atoms with van der Waals surface area (Å²) in [4.78, 5) is 39.8. The Kier molecular flexibility index (Phi) is 8.93. The lowest BCUT2D eigenvalue weighted by molar-refractivity contribution is -0.384. The lowest BCUT2D eigenvalue weighted by atomic mass is 10.1. The van der Waals surface area contributed by atoms with Gasteiger partial charge >= 0.3 is 0 Å². The molecule has 0 saturated carbocycles. The maximum atomic E-state index is 13.3. The molecule has 0 aliphatic heterocycles. The molecule has 0 saturated heterocycles. The van der Waals surface area contributed by atoms with Crippen molar-refractivity contribution in [1.82, 2.24) is 9.80 Å². The normalized spacial score (nSPS) is 10.6. The van der Waals surface area contributed by atoms with Crippen LogP contribution in [0.2, 0.25) is 0 Å². The molecular formula is C25H27N3O6. The zero-order valence-corrected chi connectivity index (χ0v) is 19.0. The van der Waals surface area contributed by atoms with Crippen LogP contribution in [-0.4, -0.2) is 59.9 Å². The first kappa shape index (κ1) is 24.7. The van der Waals surface area contributed by atoms with Gasteiger partial charge in [-0.2, -0.15) is 0 Å². The van der Waals surface area contributed by atoms with Crippen molar-refractivity contribution < 1.29 is 23.7 Å². The van der Waals surface area contributed by atoms with E-state index < -0.39 is 10.8 Å². The largest absolute Gasteiger partial charge is 0.467 e. The van der Waals surface area contributed by atoms with E-state index in [1.807, 2.05) is 30.3 Å². The smallest absolute Gasteiger partial charge is 0.269 e. The predicted octanol–water partition coefficient (Wildman–Crippen LogP) is 3.55. The Bertz CT molecular complexity index is 1070. The third kappa shape index (κ3) is 7.01. The first-order chi connectivity index (χ1) is 16.5. The van der Waals surface area contributed by atoms with Gasteiger partial charge in [0.2, 0.25) is 5.91 Å². The van der Waals surface area contributed by atoms with Gasteiger partial charge in [0.1, 0.15) is 12.3 Å². The summed E-state index contributed by atoms with van der Waals surface area (Å²) >= 11 is 0. The van der Waals surface area contributed by atoms with Crippen LogP contribution in [0.15, 0.2) is 77.4 Å². The zero-order chi connectivity index (χ0) is 24.3. The molecule has 1 heterocycles. The number of nitro groups is 1. The van der Waals surface area contributed by atoms with Crippen LogP contribution in [0.25, 0.3) is 0 Å². The summed E-state index contributed by atoms with van der Waals surface area (Å²) in [5.41, 5.74) is 1.25. The van der Waals surface area contributed by atoms with Gasteiger partial charge in [-0.1, -0.05) is 30.3 Å². The van der Waals surface area contributed by atoms with Gasteiger partial charge in [0.05, 0.1) is 24.3 Å². The molecule has 34 heavy (non-hydrogen) atoms. The highest BCUT2D eigenvalue weighted by molar-refractivity contribution is 5.96. The molecule has 9 heteroatoms. The average Bonchev–Trinajstić information content (AvgIpc) is 3.37. The lowest BCUT2D eigenvalue weighted by Crippen LogP contribution is -2.44. The van der Waals surface area contributed by atoms with Crippen LogP contribution in [0.3, 0.4) is 0 Å². The Morgan fingerprint density at radius 2 is 1.71 bits per heavy atom. The Hall–Kier alpha value is -3.98. The fraction of sp³-hybridized carbons (Fsp3) is 0.280. The minimum absolute atomic E-state index is 0.110. The molecule has 0 bridgehead atoms. The molecule has 9 nitrogen and oxygen atoms in total. The van der Waals surface area contributed by atoms with E-state index in [-0.39, 0.29) is 43.4 Å². The fourth-order valence-electron chi connectivity index (χ4n) is 3.42. The van der Waals surface area contributed by atoms with Crippen molar-refractivity contribution in [3.05, 3.63) is 100.0 Å². The molecule has 0 fully saturated rings. The first-order valence-electron chi connectivity index (χ1n) is 10.8. The van der Waals surface area contributed by atoms with Crippen LogP contribution < -0.4 is 0 Å². The minimum atomic E-state index is -0.528. The summed E-state index contributed by atoms with van der Waals surface area (Å²) in [6, 6.07) is 18.7. The summed E-state index contributed by atoms with van der Waals surface area (Å²) in [6.45, 7) is 1.02. The van der Waals surface area contributed by atoms with E-state index >= 15 is 0 Å². The molecule has 0 unspecified atom stereocenters. The SMILES string of the molecule is COCCN(CC(=O)N(CCc1ccccc1)Cc1ccco1)C(=O)c1ccc([N+](=O)[O-])cc1. The molecular weight excluding hydrogens is 438 g/mol. The molecule has 178 valence electrons. The van der Waals surface area contributed by atoms with Crippen LogP contribution in [-0.2, 0) is 22.5 Å². The second kappa shape index (κ2) is 12.3. The topological polar surface area (TPSA) is 106 Å². The molecule has 0 spiro atoms. The summed E-state index contributed by atoms with van der Waals surface area (Å²) < 4.78 is 10.6. The number of rotatable bonds is 12. The number of carbonyl (C=O) groups excluding carboxylic acids is 2. The second-order valence-corrected chi connectivity index (χ2v) is 7.65. The van der Waals surface area contributed by atoms with E-state index in [1.165, 1.54) is 36.3 Å². The monoisotopic (exact) mass is 465 g/mol. The molecule has 0 N–H and O–H groups in total. The molecule has 3 aromatic rings. The van der Waals surface area contributed by atoms with Crippen molar-refractivity contribution in [3.8, 4) is 0 Å². The quantitative estimate of drug-likeness (QED) is 0.299. The summed E-state index contributed by atoms with van der Waals surface area (Å²) in [5.74, 6) is 0.00607. The highest BCUT2D eigenvalue weighted by Gasteiger charge is 2.23. The Labute approximate surface area is 197 Å². The summed E-state index contributed by atoms with van der Waals surface area (Å²) in [6.07, 6.45) is 2.21. The van der Waals surface area contributed by atoms with Gasteiger partial charge in [0.25, 0.3) is 11.6 Å². The van der Waals surface area contributed by atoms with Crippen molar-refractivity contribution in [3.63, 3.8) is 0 Å². The third-order valence-corrected chi connectivity index (χ3v) is 5.30. The number of hydrogen-bond donors (Lipinski definition) is 0. The number of nitro benzene ring substituents is 1. The fourth-order valence-corrected chi connectivity index (χ4v) is 3.42. The van der Waals surface area contributed by atoms with Gasteiger partial charge < -0.3 is 19.0 Å². The highest BCUT2D eigenvalue weighted by Crippen LogP contribution is 2.15. The molecule has 0 aliphatic carbocycles. The average molecular weight is 466 g/mol. The first-order valence-corrected chi connectivity index (χ1v) is 10.8. The maximum Gasteiger partial charge on any atom is 0.269 e. The van der Waals surface area contributed by atoms with E-state index in [9.17, 15) is 19.7 Å². The third-order valence-electron chi connectivity index (χ3n) is 5.30. The second-order valence-electron chi connectivity index (χ2n) is 7.65. The highest BCUT2D eigenvalue weighted by atomic mass is 16.6. The van der Waals surface area contributed by atoms with Crippen LogP contribution in [0, 0.1) is 10.1 Å². The van der Waals surface area contributed by atoms with Gasteiger partial charge in [-0.05, 0) is 36.2 Å². The Morgan fingerprint density at radius 3 is 2.32 bits per heavy atom. The van der Waals surface area contributed by atoms with Crippen molar-refractivity contribution in [2.45, 2.75) is 13.0 Å². The van der Waals surface area contributed by atoms with E-state index in [0.717, 1.165) is 5.56 Å². The summed E-state index contributed by atoms with van der Waals surface area (Å²) in [7, 11) is 1.51. The standard InChI is InChI=1S/C25H27N3O6/c1-33-17-15-27(25(30)21-9-11-22(12-10-21)28(31)32)19-24(29)26(18-23-8-5-16-34-23)14-13-20-6-3-2-4-7-20/h2-12,16H,13-15,17-19H2,1H3. The molecule has 1 aromatic heterocycles. The van der Waals surface area contributed by atoms with Crippen LogP contribution >= 0.6 is 0 Å². The van der Waals surface area contributed by atoms with Crippen molar-refractivity contribution in [2.24, 2.45) is 0 Å². The zero-order valence-electron chi connectivity index (χ0n) is 19.0. The number of carbonyl (C=O) groups is 2. The number of non-ortho nitro benzene ring substituents is 1. The molecule has 3 rings (SSSR count). The van der Waals surface area contributed by atoms with Gasteiger partial charge in [-0.15, -0.1) is 0 Å². The molecule has 0 atom stereocenters. The van der Waals surface area contributed by atoms with Gasteiger partial charge in [0, 0.05) is 37.9 Å². The van der Waals surface area contributed by atoms with Crippen LogP contribution in [0.4, 0.5) is 5.69 Å². The Balaban J connectivity index is 1.74. The minimum Gasteiger partial charge on any atom is -0.467 e. The van der Waals surface area contributed by atoms with E-state index in [4.69, 9.17) is 9.15 Å². The van der Waals surface area contributed by atoms with Crippen LogP contribution in [0.1, 0.15) is 21.7 Å². The molecule has 0 aliphatic rings. The lowest BCUT2D eigenvalue weighted by Gasteiger charge is -2.27. The van der Waals surface area contributed by atoms with Crippen molar-refractivity contribution in [2.75, 3.05) is 33.4 Å². The number of amides is 2. The number of hydrogen-bond acceptors (Lipinski definition) is 6. The van der Waals surface area contributed by atoms with E-state index in [0.29, 0.717) is 18.7 Å². The van der Waals surface area contributed by atoms with Gasteiger partial charge in [-0.25, -0.2) is 0 Å². The van der Waals surface area contributed by atoms with E-state index in [1.54, 1.807) is 23.3 Å². The van der Waals surface area contributed by atoms with Crippen molar-refractivity contribution >= 4 is 17.5 Å². The van der Waals surface area contributed by atoms with Crippen molar-refractivity contribution in [1.29, 1.82) is 0 Å². The molecule has 2 amide bonds. The molecule has 2 aromatic carbocycles. The number of methoxy groups -OCH3 is 1. The van der Waals surface area contributed by atoms with Gasteiger partial charge in [-0.3, -0.25) is 19.7 Å². The predicted molar refractivity (Wildman–Crippen MR) is 125 cm³/mol. The Morgan fingerprint density at radius 1 is 0.971 bits per heavy atom. The molecule has 0 radical (unpaired) electrons. The number of benzene rings is 2. The maximum absolute atomic E-state index is 13.3. The van der Waals surface area contributed by atoms with E-state index in [2.05, 4.69) is 0 Å². The van der Waals surface area contributed by atoms with Gasteiger partial charge in [0.15, 0.2) is 0 Å². The van der Waals surface area contributed by atoms with Crippen LogP contribution in [0.5, 0.6) is 0 Å². The number of furan rings is 1.